The zero-order valence-corrected chi connectivity index (χ0v) is 12.0. The van der Waals surface area contributed by atoms with Crippen molar-refractivity contribution in [2.45, 2.75) is 65.3 Å². The van der Waals surface area contributed by atoms with Gasteiger partial charge in [0, 0.05) is 6.61 Å². The molecule has 1 saturated heterocycles. The summed E-state index contributed by atoms with van der Waals surface area (Å²) in [5.41, 5.74) is -0.413. The van der Waals surface area contributed by atoms with Crippen molar-refractivity contribution in [3.05, 3.63) is 0 Å². The first-order chi connectivity index (χ1) is 8.37. The fourth-order valence-electron chi connectivity index (χ4n) is 1.84. The Kier molecular flexibility index (Phi) is 6.09. The molecule has 1 heterocycles. The second-order valence-corrected chi connectivity index (χ2v) is 6.03. The average Bonchev–Trinajstić information content (AvgIpc) is 2.25. The molecule has 2 atom stereocenters. The van der Waals surface area contributed by atoms with Crippen molar-refractivity contribution in [3.63, 3.8) is 0 Å². The molecule has 0 aromatic carbocycles. The molecule has 0 saturated carbocycles. The first kappa shape index (κ1) is 15.4. The molecule has 0 aromatic rings. The van der Waals surface area contributed by atoms with E-state index in [0.717, 1.165) is 25.9 Å². The predicted octanol–water partition coefficient (Wildman–Crippen LogP) is 2.90. The van der Waals surface area contributed by atoms with Crippen molar-refractivity contribution in [2.75, 3.05) is 13.2 Å². The molecule has 0 amide bonds. The van der Waals surface area contributed by atoms with E-state index in [9.17, 15) is 4.79 Å². The van der Waals surface area contributed by atoms with E-state index in [0.29, 0.717) is 13.0 Å². The van der Waals surface area contributed by atoms with Gasteiger partial charge in [-0.25, -0.2) is 0 Å². The Balaban J connectivity index is 2.16. The quantitative estimate of drug-likeness (QED) is 0.711. The molecule has 0 N–H and O–H groups in total. The first-order valence-corrected chi connectivity index (χ1v) is 6.82. The van der Waals surface area contributed by atoms with Crippen molar-refractivity contribution < 1.29 is 19.0 Å². The van der Waals surface area contributed by atoms with Crippen LogP contribution in [0, 0.1) is 5.92 Å². The predicted molar refractivity (Wildman–Crippen MR) is 69.2 cm³/mol. The van der Waals surface area contributed by atoms with Crippen LogP contribution in [-0.4, -0.2) is 31.1 Å². The van der Waals surface area contributed by atoms with Crippen molar-refractivity contribution in [3.8, 4) is 0 Å². The van der Waals surface area contributed by atoms with Gasteiger partial charge in [-0.15, -0.1) is 0 Å². The van der Waals surface area contributed by atoms with Crippen LogP contribution < -0.4 is 0 Å². The van der Waals surface area contributed by atoms with E-state index in [1.54, 1.807) is 0 Å². The van der Waals surface area contributed by atoms with Crippen LogP contribution in [0.1, 0.15) is 53.4 Å². The number of rotatable bonds is 5. The van der Waals surface area contributed by atoms with Gasteiger partial charge in [-0.05, 0) is 46.0 Å². The minimum atomic E-state index is -0.413. The summed E-state index contributed by atoms with van der Waals surface area (Å²) in [6.07, 6.45) is 3.54. The monoisotopic (exact) mass is 258 g/mol. The third kappa shape index (κ3) is 6.97. The molecule has 4 heteroatoms. The Morgan fingerprint density at radius 2 is 2.11 bits per heavy atom. The summed E-state index contributed by atoms with van der Waals surface area (Å²) in [7, 11) is 0. The topological polar surface area (TPSA) is 44.8 Å². The molecule has 0 radical (unpaired) electrons. The maximum absolute atomic E-state index is 11.6. The fraction of sp³-hybridized carbons (Fsp3) is 0.929. The van der Waals surface area contributed by atoms with E-state index in [1.807, 2.05) is 27.7 Å². The van der Waals surface area contributed by atoms with E-state index < -0.39 is 5.60 Å². The number of carbonyl (C=O) groups is 1. The summed E-state index contributed by atoms with van der Waals surface area (Å²) < 4.78 is 16.4. The van der Waals surface area contributed by atoms with E-state index in [2.05, 4.69) is 0 Å². The SMILES string of the molecule is C[C@@H](COC1CCCCO1)CC(=O)OC(C)(C)C. The number of esters is 1. The Labute approximate surface area is 110 Å². The van der Waals surface area contributed by atoms with Gasteiger partial charge in [-0.3, -0.25) is 4.79 Å². The molecule has 0 spiro atoms. The highest BCUT2D eigenvalue weighted by Crippen LogP contribution is 2.16. The lowest BCUT2D eigenvalue weighted by Crippen LogP contribution is -2.27. The lowest BCUT2D eigenvalue weighted by molar-refractivity contribution is -0.173. The molecule has 106 valence electrons. The van der Waals surface area contributed by atoms with Gasteiger partial charge in [-0.1, -0.05) is 6.92 Å². The van der Waals surface area contributed by atoms with E-state index in [1.165, 1.54) is 0 Å². The summed E-state index contributed by atoms with van der Waals surface area (Å²) in [6, 6.07) is 0. The maximum atomic E-state index is 11.6. The van der Waals surface area contributed by atoms with Crippen molar-refractivity contribution in [1.29, 1.82) is 0 Å². The van der Waals surface area contributed by atoms with Crippen molar-refractivity contribution in [1.82, 2.24) is 0 Å². The highest BCUT2D eigenvalue weighted by molar-refractivity contribution is 5.70. The average molecular weight is 258 g/mol. The largest absolute Gasteiger partial charge is 0.460 e. The summed E-state index contributed by atoms with van der Waals surface area (Å²) >= 11 is 0. The maximum Gasteiger partial charge on any atom is 0.306 e. The van der Waals surface area contributed by atoms with Crippen LogP contribution >= 0.6 is 0 Å². The molecule has 0 aromatic heterocycles. The standard InChI is InChI=1S/C14H26O4/c1-11(9-12(15)18-14(2,3)4)10-17-13-7-5-6-8-16-13/h11,13H,5-10H2,1-4H3/t11-,13?/m1/s1. The van der Waals surface area contributed by atoms with Gasteiger partial charge < -0.3 is 14.2 Å². The van der Waals surface area contributed by atoms with E-state index in [-0.39, 0.29) is 18.2 Å². The number of hydrogen-bond donors (Lipinski definition) is 0. The van der Waals surface area contributed by atoms with E-state index >= 15 is 0 Å². The van der Waals surface area contributed by atoms with Crippen LogP contribution in [0.3, 0.4) is 0 Å². The normalized spacial score (nSPS) is 22.6. The number of carbonyl (C=O) groups excluding carboxylic acids is 1. The zero-order chi connectivity index (χ0) is 13.6. The molecule has 1 rings (SSSR count). The molecule has 4 nitrogen and oxygen atoms in total. The van der Waals surface area contributed by atoms with Gasteiger partial charge in [0.2, 0.25) is 0 Å². The van der Waals surface area contributed by atoms with Crippen LogP contribution in [0.15, 0.2) is 0 Å². The van der Waals surface area contributed by atoms with Crippen LogP contribution in [0.4, 0.5) is 0 Å². The van der Waals surface area contributed by atoms with Crippen molar-refractivity contribution >= 4 is 5.97 Å². The number of ether oxygens (including phenoxy) is 3. The van der Waals surface area contributed by atoms with Crippen LogP contribution in [0.25, 0.3) is 0 Å². The molecular weight excluding hydrogens is 232 g/mol. The van der Waals surface area contributed by atoms with Gasteiger partial charge in [0.1, 0.15) is 5.60 Å². The Morgan fingerprint density at radius 1 is 1.39 bits per heavy atom. The van der Waals surface area contributed by atoms with Crippen molar-refractivity contribution in [2.24, 2.45) is 5.92 Å². The number of hydrogen-bond acceptors (Lipinski definition) is 4. The van der Waals surface area contributed by atoms with Gasteiger partial charge >= 0.3 is 5.97 Å². The van der Waals surface area contributed by atoms with E-state index in [4.69, 9.17) is 14.2 Å². The van der Waals surface area contributed by atoms with Gasteiger partial charge in [0.15, 0.2) is 6.29 Å². The lowest BCUT2D eigenvalue weighted by atomic mass is 10.1. The van der Waals surface area contributed by atoms with Gasteiger partial charge in [0.05, 0.1) is 13.0 Å². The Morgan fingerprint density at radius 3 is 2.67 bits per heavy atom. The third-order valence-electron chi connectivity index (χ3n) is 2.64. The smallest absolute Gasteiger partial charge is 0.306 e. The second-order valence-electron chi connectivity index (χ2n) is 6.03. The molecule has 1 aliphatic heterocycles. The van der Waals surface area contributed by atoms with Crippen LogP contribution in [0.2, 0.25) is 0 Å². The second kappa shape index (κ2) is 7.10. The highest BCUT2D eigenvalue weighted by Gasteiger charge is 2.20. The summed E-state index contributed by atoms with van der Waals surface area (Å²) in [4.78, 5) is 11.6. The summed E-state index contributed by atoms with van der Waals surface area (Å²) in [6.45, 7) is 8.95. The molecule has 0 bridgehead atoms. The first-order valence-electron chi connectivity index (χ1n) is 6.82. The van der Waals surface area contributed by atoms with Crippen LogP contribution in [0.5, 0.6) is 0 Å². The zero-order valence-electron chi connectivity index (χ0n) is 12.0. The molecule has 18 heavy (non-hydrogen) atoms. The Bertz CT molecular complexity index is 251. The molecule has 1 aliphatic rings. The lowest BCUT2D eigenvalue weighted by Gasteiger charge is -2.25. The van der Waals surface area contributed by atoms with Gasteiger partial charge in [-0.2, -0.15) is 0 Å². The minimum Gasteiger partial charge on any atom is -0.460 e. The molecule has 1 fully saturated rings. The van der Waals surface area contributed by atoms with Crippen LogP contribution in [-0.2, 0) is 19.0 Å². The molecular formula is C14H26O4. The highest BCUT2D eigenvalue weighted by atomic mass is 16.7. The minimum absolute atomic E-state index is 0.0835. The summed E-state index contributed by atoms with van der Waals surface area (Å²) in [5, 5.41) is 0. The van der Waals surface area contributed by atoms with Gasteiger partial charge in [0.25, 0.3) is 0 Å². The molecule has 1 unspecified atom stereocenters. The summed E-state index contributed by atoms with van der Waals surface area (Å²) in [5.74, 6) is -0.00598. The fourth-order valence-corrected chi connectivity index (χ4v) is 1.84. The third-order valence-corrected chi connectivity index (χ3v) is 2.64. The molecule has 0 aliphatic carbocycles. The Hall–Kier alpha value is -0.610.